The van der Waals surface area contributed by atoms with Crippen molar-refractivity contribution in [2.45, 2.75) is 12.6 Å². The number of aliphatic hydroxyl groups is 1. The maximum Gasteiger partial charge on any atom is 0.256 e. The Bertz CT molecular complexity index is 625. The molecule has 0 fully saturated rings. The average molecular weight is 294 g/mol. The van der Waals surface area contributed by atoms with Crippen molar-refractivity contribution in [3.8, 4) is 0 Å². The molecule has 0 saturated carbocycles. The van der Waals surface area contributed by atoms with Crippen LogP contribution in [0.4, 0.5) is 0 Å². The molecule has 0 aliphatic carbocycles. The lowest BCUT2D eigenvalue weighted by atomic mass is 10.1. The van der Waals surface area contributed by atoms with E-state index in [1.54, 1.807) is 12.1 Å². The molecule has 0 bridgehead atoms. The minimum Gasteiger partial charge on any atom is -0.369 e. The average Bonchev–Trinajstić information content (AvgIpc) is 2.93. The fraction of sp³-hybridized carbons (Fsp3) is 0.214. The Hall–Kier alpha value is -1.36. The van der Waals surface area contributed by atoms with Crippen LogP contribution in [0.25, 0.3) is 0 Å². The van der Waals surface area contributed by atoms with Gasteiger partial charge in [0.15, 0.2) is 6.23 Å². The molecule has 0 spiro atoms. The van der Waals surface area contributed by atoms with Crippen LogP contribution in [0.5, 0.6) is 0 Å². The van der Waals surface area contributed by atoms with E-state index in [0.29, 0.717) is 24.1 Å². The third kappa shape index (κ3) is 2.16. The molecule has 0 radical (unpaired) electrons. The molecule has 1 aliphatic heterocycles. The topological polar surface area (TPSA) is 40.5 Å². The molecule has 19 heavy (non-hydrogen) atoms. The third-order valence-electron chi connectivity index (χ3n) is 3.34. The third-order valence-corrected chi connectivity index (χ3v) is 4.59. The van der Waals surface area contributed by atoms with Gasteiger partial charge in [0.2, 0.25) is 0 Å². The van der Waals surface area contributed by atoms with E-state index in [9.17, 15) is 9.90 Å². The molecule has 98 valence electrons. The van der Waals surface area contributed by atoms with E-state index in [-0.39, 0.29) is 5.91 Å². The first-order valence-corrected chi connectivity index (χ1v) is 7.24. The minimum absolute atomic E-state index is 0.116. The van der Waals surface area contributed by atoms with E-state index < -0.39 is 6.23 Å². The van der Waals surface area contributed by atoms with Crippen LogP contribution in [0.1, 0.15) is 27.7 Å². The molecule has 5 heteroatoms. The summed E-state index contributed by atoms with van der Waals surface area (Å²) in [5.74, 6) is -0.116. The lowest BCUT2D eigenvalue weighted by Gasteiger charge is -2.20. The molecule has 1 unspecified atom stereocenters. The highest BCUT2D eigenvalue weighted by Crippen LogP contribution is 2.32. The van der Waals surface area contributed by atoms with E-state index in [0.717, 1.165) is 9.90 Å². The van der Waals surface area contributed by atoms with Gasteiger partial charge in [0.25, 0.3) is 5.91 Å². The van der Waals surface area contributed by atoms with Gasteiger partial charge in [-0.3, -0.25) is 4.79 Å². The number of carbonyl (C=O) groups is 1. The summed E-state index contributed by atoms with van der Waals surface area (Å²) in [5, 5.41) is 12.1. The van der Waals surface area contributed by atoms with Crippen molar-refractivity contribution in [2.75, 3.05) is 6.54 Å². The number of thiophene rings is 1. The maximum atomic E-state index is 12.2. The van der Waals surface area contributed by atoms with Gasteiger partial charge in [-0.05, 0) is 29.5 Å². The highest BCUT2D eigenvalue weighted by molar-refractivity contribution is 7.14. The molecule has 1 aliphatic rings. The van der Waals surface area contributed by atoms with Gasteiger partial charge in [-0.2, -0.15) is 0 Å². The predicted octanol–water partition coefficient (Wildman–Crippen LogP) is 3.09. The minimum atomic E-state index is -0.846. The molecule has 3 rings (SSSR count). The Morgan fingerprint density at radius 3 is 2.79 bits per heavy atom. The van der Waals surface area contributed by atoms with Gasteiger partial charge in [-0.15, -0.1) is 11.3 Å². The standard InChI is InChI=1S/C14H12ClNO2S/c15-12-9(6-8-19-12)5-7-16-13(17)10-3-1-2-4-11(10)14(16)18/h1-4,6,8,13,17H,5,7H2. The van der Waals surface area contributed by atoms with E-state index in [1.807, 2.05) is 23.6 Å². The second-order valence-electron chi connectivity index (χ2n) is 4.43. The maximum absolute atomic E-state index is 12.2. The van der Waals surface area contributed by atoms with Gasteiger partial charge in [0, 0.05) is 17.7 Å². The molecule has 2 aromatic rings. The first kappa shape index (κ1) is 12.7. The van der Waals surface area contributed by atoms with Crippen molar-refractivity contribution >= 4 is 28.8 Å². The molecule has 1 N–H and O–H groups in total. The first-order valence-electron chi connectivity index (χ1n) is 5.98. The lowest BCUT2D eigenvalue weighted by molar-refractivity contribution is 0.0182. The van der Waals surface area contributed by atoms with Crippen molar-refractivity contribution in [3.05, 3.63) is 56.7 Å². The Morgan fingerprint density at radius 1 is 1.32 bits per heavy atom. The SMILES string of the molecule is O=C1c2ccccc2C(O)N1CCc1ccsc1Cl. The van der Waals surface area contributed by atoms with Crippen molar-refractivity contribution in [1.29, 1.82) is 0 Å². The Balaban J connectivity index is 1.77. The number of amides is 1. The zero-order chi connectivity index (χ0) is 13.4. The van der Waals surface area contributed by atoms with E-state index in [4.69, 9.17) is 11.6 Å². The van der Waals surface area contributed by atoms with Crippen LogP contribution in [-0.2, 0) is 6.42 Å². The van der Waals surface area contributed by atoms with Gasteiger partial charge in [-0.25, -0.2) is 0 Å². The van der Waals surface area contributed by atoms with Gasteiger partial charge in [0.05, 0.1) is 4.34 Å². The summed E-state index contributed by atoms with van der Waals surface area (Å²) in [6, 6.07) is 9.12. The Labute approximate surface area is 120 Å². The number of carbonyl (C=O) groups excluding carboxylic acids is 1. The van der Waals surface area contributed by atoms with Crippen LogP contribution in [0, 0.1) is 0 Å². The number of fused-ring (bicyclic) bond motifs is 1. The number of benzene rings is 1. The Morgan fingerprint density at radius 2 is 2.11 bits per heavy atom. The van der Waals surface area contributed by atoms with Crippen molar-refractivity contribution in [1.82, 2.24) is 4.90 Å². The zero-order valence-corrected chi connectivity index (χ0v) is 11.6. The van der Waals surface area contributed by atoms with Crippen molar-refractivity contribution in [2.24, 2.45) is 0 Å². The first-order chi connectivity index (χ1) is 9.18. The van der Waals surface area contributed by atoms with Gasteiger partial charge in [-0.1, -0.05) is 29.8 Å². The van der Waals surface area contributed by atoms with Crippen LogP contribution >= 0.6 is 22.9 Å². The summed E-state index contributed by atoms with van der Waals surface area (Å²) in [4.78, 5) is 13.7. The van der Waals surface area contributed by atoms with E-state index >= 15 is 0 Å². The fourth-order valence-corrected chi connectivity index (χ4v) is 3.30. The van der Waals surface area contributed by atoms with E-state index in [1.165, 1.54) is 16.2 Å². The molecule has 1 atom stereocenters. The summed E-state index contributed by atoms with van der Waals surface area (Å²) in [6.07, 6.45) is -0.194. The highest BCUT2D eigenvalue weighted by Gasteiger charge is 2.34. The number of hydrogen-bond acceptors (Lipinski definition) is 3. The van der Waals surface area contributed by atoms with Crippen LogP contribution in [-0.4, -0.2) is 22.5 Å². The molecule has 2 heterocycles. The lowest BCUT2D eigenvalue weighted by Crippen LogP contribution is -2.30. The smallest absolute Gasteiger partial charge is 0.256 e. The van der Waals surface area contributed by atoms with Crippen molar-refractivity contribution < 1.29 is 9.90 Å². The largest absolute Gasteiger partial charge is 0.369 e. The predicted molar refractivity (Wildman–Crippen MR) is 75.5 cm³/mol. The number of hydrogen-bond donors (Lipinski definition) is 1. The van der Waals surface area contributed by atoms with Gasteiger partial charge >= 0.3 is 0 Å². The van der Waals surface area contributed by atoms with E-state index in [2.05, 4.69) is 0 Å². The highest BCUT2D eigenvalue weighted by atomic mass is 35.5. The Kier molecular flexibility index (Phi) is 3.31. The second kappa shape index (κ2) is 4.96. The summed E-state index contributed by atoms with van der Waals surface area (Å²) < 4.78 is 0.749. The number of nitrogens with zero attached hydrogens (tertiary/aromatic N) is 1. The molecule has 1 aromatic carbocycles. The number of rotatable bonds is 3. The summed E-state index contributed by atoms with van der Waals surface area (Å²) >= 11 is 7.52. The number of aliphatic hydroxyl groups excluding tert-OH is 1. The normalized spacial score (nSPS) is 17.9. The number of halogens is 1. The second-order valence-corrected chi connectivity index (χ2v) is 5.95. The summed E-state index contributed by atoms with van der Waals surface area (Å²) in [6.45, 7) is 0.463. The zero-order valence-electron chi connectivity index (χ0n) is 10.0. The summed E-state index contributed by atoms with van der Waals surface area (Å²) in [7, 11) is 0. The fourth-order valence-electron chi connectivity index (χ4n) is 2.31. The molecular formula is C14H12ClNO2S. The molecule has 1 aromatic heterocycles. The monoisotopic (exact) mass is 293 g/mol. The summed E-state index contributed by atoms with van der Waals surface area (Å²) in [5.41, 5.74) is 2.29. The quantitative estimate of drug-likeness (QED) is 0.945. The van der Waals surface area contributed by atoms with Gasteiger partial charge < -0.3 is 10.0 Å². The molecule has 0 saturated heterocycles. The van der Waals surface area contributed by atoms with Gasteiger partial charge in [0.1, 0.15) is 0 Å². The molecule has 1 amide bonds. The van der Waals surface area contributed by atoms with Crippen LogP contribution in [0.15, 0.2) is 35.7 Å². The molecular weight excluding hydrogens is 282 g/mol. The van der Waals surface area contributed by atoms with Crippen LogP contribution in [0.2, 0.25) is 4.34 Å². The van der Waals surface area contributed by atoms with Crippen molar-refractivity contribution in [3.63, 3.8) is 0 Å². The van der Waals surface area contributed by atoms with Crippen LogP contribution in [0.3, 0.4) is 0 Å². The molecule has 3 nitrogen and oxygen atoms in total. The van der Waals surface area contributed by atoms with Crippen LogP contribution < -0.4 is 0 Å².